The number of methoxy groups -OCH3 is 1. The van der Waals surface area contributed by atoms with Crippen molar-refractivity contribution in [3.63, 3.8) is 0 Å². The number of nitrogens with one attached hydrogen (secondary N) is 2. The Morgan fingerprint density at radius 3 is 2.80 bits per heavy atom. The van der Waals surface area contributed by atoms with Gasteiger partial charge in [-0.25, -0.2) is 19.0 Å². The molecule has 0 unspecified atom stereocenters. The first-order valence-corrected chi connectivity index (χ1v) is 13.3. The van der Waals surface area contributed by atoms with E-state index < -0.39 is 30.3 Å². The van der Waals surface area contributed by atoms with Crippen LogP contribution in [0.15, 0.2) is 24.5 Å². The lowest BCUT2D eigenvalue weighted by atomic mass is 10.1. The number of anilines is 2. The van der Waals surface area contributed by atoms with Crippen LogP contribution in [0.25, 0.3) is 5.52 Å². The zero-order chi connectivity index (χ0) is 28.4. The Labute approximate surface area is 231 Å². The molecule has 4 heterocycles. The van der Waals surface area contributed by atoms with E-state index in [2.05, 4.69) is 25.8 Å². The fraction of sp³-hybridized carbons (Fsp3) is 0.577. The van der Waals surface area contributed by atoms with Gasteiger partial charge in [0.1, 0.15) is 29.6 Å². The minimum atomic E-state index is -0.757. The lowest BCUT2D eigenvalue weighted by Crippen LogP contribution is -2.37. The molecule has 0 aromatic carbocycles. The molecule has 3 atom stereocenters. The van der Waals surface area contributed by atoms with Crippen LogP contribution in [-0.4, -0.2) is 67.8 Å². The van der Waals surface area contributed by atoms with Crippen molar-refractivity contribution in [1.82, 2.24) is 29.7 Å². The number of amides is 1. The highest BCUT2D eigenvalue weighted by Gasteiger charge is 2.40. The molecule has 3 aromatic rings. The molecule has 1 saturated carbocycles. The number of hydrogen-bond donors (Lipinski definition) is 3. The molecule has 4 N–H and O–H groups in total. The highest BCUT2D eigenvalue weighted by atomic mass is 16.6. The lowest BCUT2D eigenvalue weighted by Gasteiger charge is -2.15. The van der Waals surface area contributed by atoms with Crippen LogP contribution in [-0.2, 0) is 37.1 Å². The number of nitrogens with zero attached hydrogens (tertiary/aromatic N) is 5. The quantitative estimate of drug-likeness (QED) is 0.296. The summed E-state index contributed by atoms with van der Waals surface area (Å²) in [4.78, 5) is 29.2. The molecule has 5 rings (SSSR count). The number of esters is 1. The Morgan fingerprint density at radius 2 is 2.08 bits per heavy atom. The van der Waals surface area contributed by atoms with Crippen LogP contribution in [0.5, 0.6) is 0 Å². The van der Waals surface area contributed by atoms with Crippen LogP contribution in [0.1, 0.15) is 57.5 Å². The Morgan fingerprint density at radius 1 is 1.27 bits per heavy atom. The Balaban J connectivity index is 1.34. The largest absolute Gasteiger partial charge is 0.444 e. The predicted molar refractivity (Wildman–Crippen MR) is 142 cm³/mol. The van der Waals surface area contributed by atoms with Gasteiger partial charge in [0.05, 0.1) is 24.6 Å². The average Bonchev–Trinajstić information content (AvgIpc) is 3.27. The molecule has 3 aromatic heterocycles. The summed E-state index contributed by atoms with van der Waals surface area (Å²) in [5.41, 5.74) is 7.86. The third-order valence-corrected chi connectivity index (χ3v) is 7.07. The fourth-order valence-corrected chi connectivity index (χ4v) is 4.32. The number of aromatic nitrogens is 5. The maximum Gasteiger partial charge on any atom is 0.407 e. The van der Waals surface area contributed by atoms with E-state index in [-0.39, 0.29) is 24.8 Å². The Kier molecular flexibility index (Phi) is 7.92. The Bertz CT molecular complexity index is 1370. The van der Waals surface area contributed by atoms with Gasteiger partial charge in [0.2, 0.25) is 0 Å². The van der Waals surface area contributed by atoms with E-state index in [1.807, 2.05) is 26.8 Å². The Hall–Kier alpha value is -3.75. The first kappa shape index (κ1) is 27.8. The van der Waals surface area contributed by atoms with Gasteiger partial charge in [-0.1, -0.05) is 13.8 Å². The van der Waals surface area contributed by atoms with Crippen LogP contribution >= 0.6 is 0 Å². The standard InChI is InChI=1S/C26H36N8O6/c1-15(2)22(27)24(35)39-14-34-21(29-23-19-9-16(12-37-4)31-33(19)8-7-28-23)11-18(32-34)20-10-17(13-38-20)40-25(36)30-26(3)5-6-26/h7-9,11,15,17,20,22H,5-6,10,12-14,27H2,1-4H3,(H,28,29)(H,30,36)/t17-,20-,22-/m0/s1. The molecular formula is C26H36N8O6. The highest BCUT2D eigenvalue weighted by molar-refractivity contribution is 5.76. The maximum atomic E-state index is 12.5. The fourth-order valence-electron chi connectivity index (χ4n) is 4.32. The molecule has 0 radical (unpaired) electrons. The monoisotopic (exact) mass is 556 g/mol. The van der Waals surface area contributed by atoms with Gasteiger partial charge >= 0.3 is 12.1 Å². The topological polar surface area (TPSA) is 169 Å². The molecule has 0 bridgehead atoms. The van der Waals surface area contributed by atoms with E-state index >= 15 is 0 Å². The van der Waals surface area contributed by atoms with Gasteiger partial charge in [-0.15, -0.1) is 0 Å². The first-order valence-electron chi connectivity index (χ1n) is 13.3. The second kappa shape index (κ2) is 11.4. The molecule has 1 amide bonds. The van der Waals surface area contributed by atoms with Crippen molar-refractivity contribution < 1.29 is 28.5 Å². The van der Waals surface area contributed by atoms with Crippen molar-refractivity contribution in [3.8, 4) is 0 Å². The summed E-state index contributed by atoms with van der Waals surface area (Å²) in [7, 11) is 1.61. The summed E-state index contributed by atoms with van der Waals surface area (Å²) in [6.45, 7) is 6.12. The summed E-state index contributed by atoms with van der Waals surface area (Å²) >= 11 is 0. The highest BCUT2D eigenvalue weighted by Crippen LogP contribution is 2.35. The summed E-state index contributed by atoms with van der Waals surface area (Å²) in [5.74, 6) is 0.434. The van der Waals surface area contributed by atoms with E-state index in [1.165, 1.54) is 4.68 Å². The number of ether oxygens (including phenoxy) is 4. The molecule has 1 aliphatic carbocycles. The minimum absolute atomic E-state index is 0.0771. The van der Waals surface area contributed by atoms with Gasteiger partial charge in [-0.3, -0.25) is 4.79 Å². The number of fused-ring (bicyclic) bond motifs is 1. The van der Waals surface area contributed by atoms with Crippen LogP contribution in [0, 0.1) is 5.92 Å². The zero-order valence-corrected chi connectivity index (χ0v) is 23.1. The number of hydrogen-bond acceptors (Lipinski definition) is 11. The summed E-state index contributed by atoms with van der Waals surface area (Å²) in [6, 6.07) is 2.91. The summed E-state index contributed by atoms with van der Waals surface area (Å²) in [6.07, 6.45) is 4.43. The van der Waals surface area contributed by atoms with Crippen molar-refractivity contribution in [2.24, 2.45) is 11.7 Å². The van der Waals surface area contributed by atoms with E-state index in [4.69, 9.17) is 24.7 Å². The number of carbonyl (C=O) groups is 2. The summed E-state index contributed by atoms with van der Waals surface area (Å²) in [5, 5.41) is 15.3. The van der Waals surface area contributed by atoms with Crippen molar-refractivity contribution in [3.05, 3.63) is 35.9 Å². The SMILES string of the molecule is COCc1cc2c(Nc3cc([C@@H]4C[C@H](OC(=O)NC5(C)CC5)CO4)nn3COC(=O)[C@@H](N)C(C)C)nccn2n1. The molecule has 216 valence electrons. The maximum absolute atomic E-state index is 12.5. The zero-order valence-electron chi connectivity index (χ0n) is 23.1. The number of alkyl carbamates (subject to hydrolysis) is 1. The van der Waals surface area contributed by atoms with Crippen LogP contribution in [0.2, 0.25) is 0 Å². The number of nitrogens with two attached hydrogens (primary N) is 1. The average molecular weight is 557 g/mol. The van der Waals surface area contributed by atoms with Crippen LogP contribution in [0.4, 0.5) is 16.4 Å². The number of rotatable bonds is 11. The molecule has 14 heteroatoms. The second-order valence-electron chi connectivity index (χ2n) is 10.9. The van der Waals surface area contributed by atoms with E-state index in [9.17, 15) is 9.59 Å². The number of carbonyl (C=O) groups excluding carboxylic acids is 2. The van der Waals surface area contributed by atoms with E-state index in [0.717, 1.165) is 24.1 Å². The smallest absolute Gasteiger partial charge is 0.407 e. The van der Waals surface area contributed by atoms with Crippen LogP contribution < -0.4 is 16.4 Å². The van der Waals surface area contributed by atoms with Crippen molar-refractivity contribution in [2.75, 3.05) is 19.0 Å². The van der Waals surface area contributed by atoms with Gasteiger partial charge in [0, 0.05) is 37.5 Å². The van der Waals surface area contributed by atoms with E-state index in [1.54, 1.807) is 30.1 Å². The van der Waals surface area contributed by atoms with Gasteiger partial charge in [-0.2, -0.15) is 10.2 Å². The van der Waals surface area contributed by atoms with Crippen molar-refractivity contribution >= 4 is 29.2 Å². The lowest BCUT2D eigenvalue weighted by molar-refractivity contribution is -0.150. The molecular weight excluding hydrogens is 520 g/mol. The molecule has 2 aliphatic rings. The van der Waals surface area contributed by atoms with Crippen molar-refractivity contribution in [2.45, 2.75) is 77.2 Å². The third kappa shape index (κ3) is 6.35. The first-order chi connectivity index (χ1) is 19.1. The second-order valence-corrected chi connectivity index (χ2v) is 10.9. The normalized spacial score (nSPS) is 20.4. The molecule has 1 saturated heterocycles. The predicted octanol–water partition coefficient (Wildman–Crippen LogP) is 2.41. The third-order valence-electron chi connectivity index (χ3n) is 7.07. The molecule has 14 nitrogen and oxygen atoms in total. The minimum Gasteiger partial charge on any atom is -0.444 e. The van der Waals surface area contributed by atoms with Gasteiger partial charge in [0.15, 0.2) is 12.5 Å². The van der Waals surface area contributed by atoms with Crippen molar-refractivity contribution in [1.29, 1.82) is 0 Å². The molecule has 0 spiro atoms. The van der Waals surface area contributed by atoms with Gasteiger partial charge in [0.25, 0.3) is 0 Å². The molecule has 40 heavy (non-hydrogen) atoms. The van der Waals surface area contributed by atoms with Gasteiger partial charge in [-0.05, 0) is 31.7 Å². The molecule has 2 fully saturated rings. The summed E-state index contributed by atoms with van der Waals surface area (Å²) < 4.78 is 25.4. The van der Waals surface area contributed by atoms with Crippen LogP contribution in [0.3, 0.4) is 0 Å². The van der Waals surface area contributed by atoms with E-state index in [0.29, 0.717) is 30.4 Å². The molecule has 1 aliphatic heterocycles. The van der Waals surface area contributed by atoms with Gasteiger partial charge < -0.3 is 35.3 Å².